The number of ether oxygens (including phenoxy) is 2. The van der Waals surface area contributed by atoms with E-state index in [4.69, 9.17) is 4.74 Å². The summed E-state index contributed by atoms with van der Waals surface area (Å²) in [5.41, 5.74) is 2.10. The molecule has 2 aromatic rings. The van der Waals surface area contributed by atoms with Gasteiger partial charge in [0.15, 0.2) is 11.5 Å². The number of rotatable bonds is 8. The maximum absolute atomic E-state index is 12.6. The number of halogens is 2. The molecule has 0 saturated carbocycles. The van der Waals surface area contributed by atoms with Gasteiger partial charge in [-0.3, -0.25) is 19.8 Å². The van der Waals surface area contributed by atoms with Gasteiger partial charge in [0.05, 0.1) is 24.5 Å². The summed E-state index contributed by atoms with van der Waals surface area (Å²) in [5, 5.41) is 11.5. The number of aryl methyl sites for hydroxylation is 1. The Labute approximate surface area is 184 Å². The molecule has 0 aromatic heterocycles. The molecule has 1 heterocycles. The summed E-state index contributed by atoms with van der Waals surface area (Å²) >= 11 is 0. The Kier molecular flexibility index (Phi) is 7.57. The van der Waals surface area contributed by atoms with Crippen LogP contribution >= 0.6 is 0 Å². The predicted octanol–water partition coefficient (Wildman–Crippen LogP) is 3.40. The lowest BCUT2D eigenvalue weighted by Gasteiger charge is -2.34. The van der Waals surface area contributed by atoms with E-state index < -0.39 is 11.5 Å². The molecule has 1 fully saturated rings. The van der Waals surface area contributed by atoms with Crippen molar-refractivity contribution in [3.05, 3.63) is 63.2 Å². The molecule has 0 unspecified atom stereocenters. The number of nitro benzene ring substituents is 1. The molecule has 32 heavy (non-hydrogen) atoms. The van der Waals surface area contributed by atoms with Crippen LogP contribution in [0.1, 0.15) is 16.7 Å². The maximum Gasteiger partial charge on any atom is 0.387 e. The number of methoxy groups -OCH3 is 1. The summed E-state index contributed by atoms with van der Waals surface area (Å²) in [4.78, 5) is 27.2. The fourth-order valence-electron chi connectivity index (χ4n) is 3.62. The highest BCUT2D eigenvalue weighted by atomic mass is 19.3. The molecular formula is C22H25F2N3O5. The Bertz CT molecular complexity index is 961. The monoisotopic (exact) mass is 449 g/mol. The van der Waals surface area contributed by atoms with Crippen LogP contribution in [0.15, 0.2) is 36.4 Å². The molecule has 1 aliphatic rings. The van der Waals surface area contributed by atoms with Crippen molar-refractivity contribution < 1.29 is 28.0 Å². The third-order valence-corrected chi connectivity index (χ3v) is 5.37. The standard InChI is InChI=1S/C22H25F2N3O5/c1-15-3-5-16(6-4-15)11-21(28)26-9-7-25(8-10-26)14-17-12-19(31-2)20(32-22(23)24)13-18(17)27(29)30/h3-6,12-13,22H,7-11,14H2,1-2H3. The summed E-state index contributed by atoms with van der Waals surface area (Å²) in [5.74, 6) is -0.350. The zero-order valence-electron chi connectivity index (χ0n) is 17.9. The van der Waals surface area contributed by atoms with Crippen molar-refractivity contribution in [1.82, 2.24) is 9.80 Å². The van der Waals surface area contributed by atoms with Crippen molar-refractivity contribution in [3.8, 4) is 11.5 Å². The molecule has 3 rings (SSSR count). The largest absolute Gasteiger partial charge is 0.493 e. The first-order chi connectivity index (χ1) is 15.3. The molecule has 0 spiro atoms. The van der Waals surface area contributed by atoms with Gasteiger partial charge in [-0.15, -0.1) is 0 Å². The first kappa shape index (κ1) is 23.4. The van der Waals surface area contributed by atoms with Gasteiger partial charge < -0.3 is 14.4 Å². The van der Waals surface area contributed by atoms with Crippen molar-refractivity contribution >= 4 is 11.6 Å². The van der Waals surface area contributed by atoms with E-state index in [1.807, 2.05) is 36.1 Å². The summed E-state index contributed by atoms with van der Waals surface area (Å²) in [6, 6.07) is 10.1. The van der Waals surface area contributed by atoms with E-state index in [9.17, 15) is 23.7 Å². The minimum atomic E-state index is -3.13. The minimum Gasteiger partial charge on any atom is -0.493 e. The number of carbonyl (C=O) groups excluding carboxylic acids is 1. The van der Waals surface area contributed by atoms with Crippen LogP contribution in [0.25, 0.3) is 0 Å². The Balaban J connectivity index is 1.64. The van der Waals surface area contributed by atoms with Crippen molar-refractivity contribution in [2.45, 2.75) is 26.5 Å². The van der Waals surface area contributed by atoms with Gasteiger partial charge >= 0.3 is 6.61 Å². The summed E-state index contributed by atoms with van der Waals surface area (Å²) in [7, 11) is 1.28. The van der Waals surface area contributed by atoms with E-state index in [1.165, 1.54) is 13.2 Å². The molecule has 0 atom stereocenters. The lowest BCUT2D eigenvalue weighted by Crippen LogP contribution is -2.48. The Hall–Kier alpha value is -3.27. The highest BCUT2D eigenvalue weighted by Gasteiger charge is 2.26. The van der Waals surface area contributed by atoms with Crippen LogP contribution < -0.4 is 9.47 Å². The second kappa shape index (κ2) is 10.4. The third-order valence-electron chi connectivity index (χ3n) is 5.37. The Morgan fingerprint density at radius 2 is 1.78 bits per heavy atom. The van der Waals surface area contributed by atoms with Gasteiger partial charge in [-0.2, -0.15) is 8.78 Å². The maximum atomic E-state index is 12.6. The van der Waals surface area contributed by atoms with Crippen molar-refractivity contribution in [3.63, 3.8) is 0 Å². The van der Waals surface area contributed by atoms with Gasteiger partial charge in [0.2, 0.25) is 5.91 Å². The smallest absolute Gasteiger partial charge is 0.387 e. The number of alkyl halides is 2. The molecule has 10 heteroatoms. The van der Waals surface area contributed by atoms with Crippen LogP contribution in [-0.2, 0) is 17.8 Å². The fraction of sp³-hybridized carbons (Fsp3) is 0.409. The first-order valence-electron chi connectivity index (χ1n) is 10.1. The van der Waals surface area contributed by atoms with E-state index in [-0.39, 0.29) is 29.6 Å². The van der Waals surface area contributed by atoms with Gasteiger partial charge in [-0.25, -0.2) is 0 Å². The van der Waals surface area contributed by atoms with E-state index in [1.54, 1.807) is 4.90 Å². The number of nitrogens with zero attached hydrogens (tertiary/aromatic N) is 3. The van der Waals surface area contributed by atoms with Gasteiger partial charge in [0.25, 0.3) is 5.69 Å². The molecule has 172 valence electrons. The number of amides is 1. The molecule has 0 aliphatic carbocycles. The van der Waals surface area contributed by atoms with E-state index >= 15 is 0 Å². The molecule has 0 radical (unpaired) electrons. The van der Waals surface area contributed by atoms with E-state index in [0.717, 1.165) is 17.2 Å². The molecular weight excluding hydrogens is 424 g/mol. The fourth-order valence-corrected chi connectivity index (χ4v) is 3.62. The van der Waals surface area contributed by atoms with Crippen LogP contribution in [0, 0.1) is 17.0 Å². The van der Waals surface area contributed by atoms with Crippen LogP contribution in [0.3, 0.4) is 0 Å². The normalized spacial score (nSPS) is 14.5. The summed E-state index contributed by atoms with van der Waals surface area (Å²) in [6.07, 6.45) is 0.328. The third kappa shape index (κ3) is 5.91. The second-order valence-corrected chi connectivity index (χ2v) is 7.59. The van der Waals surface area contributed by atoms with Crippen molar-refractivity contribution in [1.29, 1.82) is 0 Å². The molecule has 0 N–H and O–H groups in total. The van der Waals surface area contributed by atoms with Crippen molar-refractivity contribution in [2.24, 2.45) is 0 Å². The van der Waals surface area contributed by atoms with Crippen LogP contribution in [0.2, 0.25) is 0 Å². The van der Waals surface area contributed by atoms with E-state index in [2.05, 4.69) is 4.74 Å². The molecule has 2 aromatic carbocycles. The number of hydrogen-bond acceptors (Lipinski definition) is 6. The van der Waals surface area contributed by atoms with Crippen LogP contribution in [0.5, 0.6) is 11.5 Å². The average Bonchev–Trinajstić information content (AvgIpc) is 2.76. The van der Waals surface area contributed by atoms with E-state index in [0.29, 0.717) is 38.2 Å². The van der Waals surface area contributed by atoms with Crippen LogP contribution in [0.4, 0.5) is 14.5 Å². The molecule has 8 nitrogen and oxygen atoms in total. The SMILES string of the molecule is COc1cc(CN2CCN(C(=O)Cc3ccc(C)cc3)CC2)c([N+](=O)[O-])cc1OC(F)F. The zero-order chi connectivity index (χ0) is 23.3. The Morgan fingerprint density at radius 3 is 2.34 bits per heavy atom. The van der Waals surface area contributed by atoms with Gasteiger partial charge in [-0.1, -0.05) is 29.8 Å². The highest BCUT2D eigenvalue weighted by Crippen LogP contribution is 2.36. The van der Waals surface area contributed by atoms with Gasteiger partial charge in [-0.05, 0) is 18.6 Å². The predicted molar refractivity (Wildman–Crippen MR) is 113 cm³/mol. The molecule has 1 amide bonds. The molecule has 1 saturated heterocycles. The number of piperazine rings is 1. The topological polar surface area (TPSA) is 85.2 Å². The number of benzene rings is 2. The zero-order valence-corrected chi connectivity index (χ0v) is 17.9. The quantitative estimate of drug-likeness (QED) is 0.454. The minimum absolute atomic E-state index is 0.00203. The first-order valence-corrected chi connectivity index (χ1v) is 10.1. The lowest BCUT2D eigenvalue weighted by atomic mass is 10.1. The van der Waals surface area contributed by atoms with Gasteiger partial charge in [0.1, 0.15) is 0 Å². The van der Waals surface area contributed by atoms with Gasteiger partial charge in [0, 0.05) is 38.3 Å². The molecule has 0 bridgehead atoms. The highest BCUT2D eigenvalue weighted by molar-refractivity contribution is 5.78. The summed E-state index contributed by atoms with van der Waals surface area (Å²) in [6.45, 7) is 1.17. The number of nitro groups is 1. The Morgan fingerprint density at radius 1 is 1.12 bits per heavy atom. The van der Waals surface area contributed by atoms with Crippen molar-refractivity contribution in [2.75, 3.05) is 33.3 Å². The number of hydrogen-bond donors (Lipinski definition) is 0. The second-order valence-electron chi connectivity index (χ2n) is 7.59. The summed E-state index contributed by atoms with van der Waals surface area (Å²) < 4.78 is 34.6. The molecule has 1 aliphatic heterocycles. The lowest BCUT2D eigenvalue weighted by molar-refractivity contribution is -0.385. The number of carbonyl (C=O) groups is 1. The van der Waals surface area contributed by atoms with Crippen LogP contribution in [-0.4, -0.2) is 60.5 Å². The average molecular weight is 449 g/mol.